The van der Waals surface area contributed by atoms with Gasteiger partial charge in [0, 0.05) is 6.42 Å². The van der Waals surface area contributed by atoms with E-state index in [4.69, 9.17) is 4.74 Å². The van der Waals surface area contributed by atoms with Gasteiger partial charge in [-0.25, -0.2) is 0 Å². The Balaban J connectivity index is 2.61. The summed E-state index contributed by atoms with van der Waals surface area (Å²) < 4.78 is 4.92. The molecule has 1 aliphatic rings. The lowest BCUT2D eigenvalue weighted by Gasteiger charge is -2.29. The minimum Gasteiger partial charge on any atom is -0.465 e. The number of Topliss-reactive ketones (excluding diaryl/α,β-unsaturated/α-hetero) is 1. The molecule has 0 saturated heterocycles. The largest absolute Gasteiger partial charge is 0.465 e. The summed E-state index contributed by atoms with van der Waals surface area (Å²) in [6, 6.07) is 0. The van der Waals surface area contributed by atoms with Gasteiger partial charge < -0.3 is 4.74 Å². The van der Waals surface area contributed by atoms with Crippen LogP contribution in [-0.2, 0) is 14.3 Å². The Morgan fingerprint density at radius 1 is 1.53 bits per heavy atom. The molecule has 15 heavy (non-hydrogen) atoms. The lowest BCUT2D eigenvalue weighted by molar-refractivity contribution is -0.153. The van der Waals surface area contributed by atoms with E-state index in [0.717, 1.165) is 6.42 Å². The normalized spacial score (nSPS) is 26.8. The standard InChI is InChI=1S/C12H20O3/c1-4-15-12(14)10-7-9(8(2)3)5-6-11(10)13/h8-10H,4-7H2,1-3H3/t9-,10+/m1/s1. The molecule has 0 heterocycles. The molecule has 0 aliphatic heterocycles. The van der Waals surface area contributed by atoms with Crippen molar-refractivity contribution in [1.29, 1.82) is 0 Å². The highest BCUT2D eigenvalue weighted by atomic mass is 16.5. The van der Waals surface area contributed by atoms with E-state index in [0.29, 0.717) is 31.3 Å². The van der Waals surface area contributed by atoms with Crippen LogP contribution in [-0.4, -0.2) is 18.4 Å². The number of carbonyl (C=O) groups excluding carboxylic acids is 2. The molecular weight excluding hydrogens is 192 g/mol. The van der Waals surface area contributed by atoms with E-state index in [1.54, 1.807) is 6.92 Å². The topological polar surface area (TPSA) is 43.4 Å². The van der Waals surface area contributed by atoms with Crippen molar-refractivity contribution in [3.05, 3.63) is 0 Å². The predicted molar refractivity (Wildman–Crippen MR) is 57.3 cm³/mol. The Morgan fingerprint density at radius 3 is 2.73 bits per heavy atom. The average molecular weight is 212 g/mol. The van der Waals surface area contributed by atoms with Gasteiger partial charge in [-0.15, -0.1) is 0 Å². The first-order valence-electron chi connectivity index (χ1n) is 5.75. The SMILES string of the molecule is CCOC(=O)[C@H]1C[C@H](C(C)C)CCC1=O. The molecule has 0 amide bonds. The number of hydrogen-bond donors (Lipinski definition) is 0. The minimum atomic E-state index is -0.494. The monoisotopic (exact) mass is 212 g/mol. The molecule has 0 radical (unpaired) electrons. The van der Waals surface area contributed by atoms with Gasteiger partial charge in [-0.1, -0.05) is 13.8 Å². The summed E-state index contributed by atoms with van der Waals surface area (Å²) in [5, 5.41) is 0. The van der Waals surface area contributed by atoms with Crippen LogP contribution in [0.5, 0.6) is 0 Å². The third-order valence-corrected chi connectivity index (χ3v) is 3.20. The van der Waals surface area contributed by atoms with Crippen LogP contribution >= 0.6 is 0 Å². The molecule has 0 aromatic heterocycles. The minimum absolute atomic E-state index is 0.0605. The smallest absolute Gasteiger partial charge is 0.316 e. The lowest BCUT2D eigenvalue weighted by Crippen LogP contribution is -2.34. The van der Waals surface area contributed by atoms with Crippen LogP contribution in [0.15, 0.2) is 0 Å². The summed E-state index contributed by atoms with van der Waals surface area (Å²) in [6.07, 6.45) is 2.13. The molecule has 1 fully saturated rings. The van der Waals surface area contributed by atoms with Gasteiger partial charge in [-0.3, -0.25) is 9.59 Å². The third kappa shape index (κ3) is 3.05. The number of ether oxygens (including phenoxy) is 1. The van der Waals surface area contributed by atoms with Crippen molar-refractivity contribution >= 4 is 11.8 Å². The fourth-order valence-electron chi connectivity index (χ4n) is 2.13. The molecule has 3 heteroatoms. The third-order valence-electron chi connectivity index (χ3n) is 3.20. The lowest BCUT2D eigenvalue weighted by atomic mass is 9.75. The average Bonchev–Trinajstić information content (AvgIpc) is 2.18. The van der Waals surface area contributed by atoms with Gasteiger partial charge in [0.05, 0.1) is 6.61 Å². The van der Waals surface area contributed by atoms with Gasteiger partial charge in [-0.05, 0) is 31.6 Å². The predicted octanol–water partition coefficient (Wildman–Crippen LogP) is 2.19. The van der Waals surface area contributed by atoms with Crippen LogP contribution in [0, 0.1) is 17.8 Å². The molecule has 0 bridgehead atoms. The van der Waals surface area contributed by atoms with Crippen molar-refractivity contribution in [3.63, 3.8) is 0 Å². The first kappa shape index (κ1) is 12.2. The van der Waals surface area contributed by atoms with Crippen molar-refractivity contribution in [2.24, 2.45) is 17.8 Å². The van der Waals surface area contributed by atoms with Crippen LogP contribution in [0.25, 0.3) is 0 Å². The summed E-state index contributed by atoms with van der Waals surface area (Å²) in [5.41, 5.74) is 0. The molecule has 1 aliphatic carbocycles. The zero-order valence-corrected chi connectivity index (χ0v) is 9.79. The molecule has 1 saturated carbocycles. The van der Waals surface area contributed by atoms with E-state index in [1.807, 2.05) is 0 Å². The highest BCUT2D eigenvalue weighted by Gasteiger charge is 2.35. The maximum atomic E-state index is 11.6. The van der Waals surface area contributed by atoms with Crippen LogP contribution in [0.1, 0.15) is 40.0 Å². The molecule has 3 nitrogen and oxygen atoms in total. The van der Waals surface area contributed by atoms with Crippen molar-refractivity contribution in [2.75, 3.05) is 6.61 Å². The summed E-state index contributed by atoms with van der Waals surface area (Å²) in [7, 11) is 0. The first-order valence-corrected chi connectivity index (χ1v) is 5.75. The van der Waals surface area contributed by atoms with Crippen molar-refractivity contribution in [3.8, 4) is 0 Å². The fraction of sp³-hybridized carbons (Fsp3) is 0.833. The van der Waals surface area contributed by atoms with Gasteiger partial charge in [0.15, 0.2) is 0 Å². The summed E-state index contributed by atoms with van der Waals surface area (Å²) in [4.78, 5) is 23.1. The second kappa shape index (κ2) is 5.29. The molecular formula is C12H20O3. The maximum Gasteiger partial charge on any atom is 0.316 e. The van der Waals surface area contributed by atoms with E-state index in [1.165, 1.54) is 0 Å². The van der Waals surface area contributed by atoms with Crippen LogP contribution in [0.2, 0.25) is 0 Å². The Hall–Kier alpha value is -0.860. The highest BCUT2D eigenvalue weighted by Crippen LogP contribution is 2.32. The van der Waals surface area contributed by atoms with Gasteiger partial charge in [0.25, 0.3) is 0 Å². The van der Waals surface area contributed by atoms with Gasteiger partial charge in [0.1, 0.15) is 11.7 Å². The Kier molecular flexibility index (Phi) is 4.30. The van der Waals surface area contributed by atoms with Gasteiger partial charge in [-0.2, -0.15) is 0 Å². The first-order chi connectivity index (χ1) is 7.06. The van der Waals surface area contributed by atoms with Crippen LogP contribution in [0.3, 0.4) is 0 Å². The van der Waals surface area contributed by atoms with Gasteiger partial charge >= 0.3 is 5.97 Å². The van der Waals surface area contributed by atoms with E-state index in [-0.39, 0.29) is 11.8 Å². The van der Waals surface area contributed by atoms with Crippen LogP contribution < -0.4 is 0 Å². The number of esters is 1. The highest BCUT2D eigenvalue weighted by molar-refractivity contribution is 5.99. The van der Waals surface area contributed by atoms with E-state index >= 15 is 0 Å². The summed E-state index contributed by atoms with van der Waals surface area (Å²) in [6.45, 7) is 6.41. The second-order valence-corrected chi connectivity index (χ2v) is 4.55. The molecule has 0 aromatic carbocycles. The number of ketones is 1. The van der Waals surface area contributed by atoms with Gasteiger partial charge in [0.2, 0.25) is 0 Å². The Labute approximate surface area is 91.2 Å². The number of rotatable bonds is 3. The van der Waals surface area contributed by atoms with Crippen molar-refractivity contribution < 1.29 is 14.3 Å². The molecule has 86 valence electrons. The van der Waals surface area contributed by atoms with Crippen molar-refractivity contribution in [2.45, 2.75) is 40.0 Å². The molecule has 0 unspecified atom stereocenters. The Morgan fingerprint density at radius 2 is 2.20 bits per heavy atom. The van der Waals surface area contributed by atoms with E-state index < -0.39 is 5.92 Å². The van der Waals surface area contributed by atoms with E-state index in [9.17, 15) is 9.59 Å². The number of hydrogen-bond acceptors (Lipinski definition) is 3. The molecule has 1 rings (SSSR count). The molecule has 0 aromatic rings. The number of carbonyl (C=O) groups is 2. The Bertz CT molecular complexity index is 245. The molecule has 2 atom stereocenters. The fourth-order valence-corrected chi connectivity index (χ4v) is 2.13. The van der Waals surface area contributed by atoms with Crippen LogP contribution in [0.4, 0.5) is 0 Å². The second-order valence-electron chi connectivity index (χ2n) is 4.55. The summed E-state index contributed by atoms with van der Waals surface area (Å²) in [5.74, 6) is 0.261. The van der Waals surface area contributed by atoms with Crippen molar-refractivity contribution in [1.82, 2.24) is 0 Å². The molecule has 0 spiro atoms. The maximum absolute atomic E-state index is 11.6. The van der Waals surface area contributed by atoms with E-state index in [2.05, 4.69) is 13.8 Å². The summed E-state index contributed by atoms with van der Waals surface area (Å²) >= 11 is 0. The zero-order chi connectivity index (χ0) is 11.4. The quantitative estimate of drug-likeness (QED) is 0.532. The molecule has 0 N–H and O–H groups in total. The zero-order valence-electron chi connectivity index (χ0n) is 9.79.